The molecule has 1 heterocycles. The van der Waals surface area contributed by atoms with E-state index < -0.39 is 0 Å². The average molecular weight is 293 g/mol. The van der Waals surface area contributed by atoms with Gasteiger partial charge in [0.15, 0.2) is 11.6 Å². The van der Waals surface area contributed by atoms with Crippen LogP contribution in [0, 0.1) is 5.82 Å². The number of hydrogen-bond acceptors (Lipinski definition) is 3. The molecule has 1 aromatic carbocycles. The van der Waals surface area contributed by atoms with Gasteiger partial charge in [0, 0.05) is 23.0 Å². The van der Waals surface area contributed by atoms with Gasteiger partial charge >= 0.3 is 0 Å². The predicted molar refractivity (Wildman–Crippen MR) is 81.8 cm³/mol. The van der Waals surface area contributed by atoms with Crippen LogP contribution in [-0.2, 0) is 6.54 Å². The molecule has 0 aliphatic carbocycles. The van der Waals surface area contributed by atoms with E-state index in [2.05, 4.69) is 29.8 Å². The zero-order valence-corrected chi connectivity index (χ0v) is 12.7. The quantitative estimate of drug-likeness (QED) is 0.810. The lowest BCUT2D eigenvalue weighted by atomic mass is 10.1. The Labute approximate surface area is 123 Å². The second-order valence-electron chi connectivity index (χ2n) is 4.67. The summed E-state index contributed by atoms with van der Waals surface area (Å²) in [6, 6.07) is 9.71. The number of ether oxygens (including phenoxy) is 1. The lowest BCUT2D eigenvalue weighted by Crippen LogP contribution is -2.20. The van der Waals surface area contributed by atoms with Gasteiger partial charge < -0.3 is 10.1 Å². The Morgan fingerprint density at radius 1 is 1.30 bits per heavy atom. The van der Waals surface area contributed by atoms with Crippen LogP contribution in [0.25, 0.3) is 0 Å². The number of benzene rings is 1. The van der Waals surface area contributed by atoms with Crippen molar-refractivity contribution in [3.63, 3.8) is 0 Å². The fourth-order valence-electron chi connectivity index (χ4n) is 2.21. The average Bonchev–Trinajstić information content (AvgIpc) is 2.99. The summed E-state index contributed by atoms with van der Waals surface area (Å²) >= 11 is 1.74. The van der Waals surface area contributed by atoms with Crippen molar-refractivity contribution in [1.29, 1.82) is 0 Å². The SMILES string of the molecule is CCCC(NCc1cccc(OC)c1F)c1cccs1. The van der Waals surface area contributed by atoms with Gasteiger partial charge in [-0.25, -0.2) is 4.39 Å². The van der Waals surface area contributed by atoms with Gasteiger partial charge in [-0.05, 0) is 23.9 Å². The van der Waals surface area contributed by atoms with Crippen molar-refractivity contribution < 1.29 is 9.13 Å². The summed E-state index contributed by atoms with van der Waals surface area (Å²) < 4.78 is 19.1. The highest BCUT2D eigenvalue weighted by atomic mass is 32.1. The van der Waals surface area contributed by atoms with Gasteiger partial charge in [0.05, 0.1) is 7.11 Å². The highest BCUT2D eigenvalue weighted by molar-refractivity contribution is 7.10. The topological polar surface area (TPSA) is 21.3 Å². The van der Waals surface area contributed by atoms with E-state index in [-0.39, 0.29) is 11.9 Å². The largest absolute Gasteiger partial charge is 0.494 e. The van der Waals surface area contributed by atoms with Crippen LogP contribution in [0.2, 0.25) is 0 Å². The first-order valence-corrected chi connectivity index (χ1v) is 7.72. The molecule has 2 rings (SSSR count). The third-order valence-corrected chi connectivity index (χ3v) is 4.25. The van der Waals surface area contributed by atoms with E-state index in [1.165, 1.54) is 12.0 Å². The van der Waals surface area contributed by atoms with Crippen LogP contribution in [0.5, 0.6) is 5.75 Å². The molecule has 20 heavy (non-hydrogen) atoms. The second kappa shape index (κ2) is 7.41. The molecule has 1 unspecified atom stereocenters. The summed E-state index contributed by atoms with van der Waals surface area (Å²) in [6.45, 7) is 2.67. The molecular weight excluding hydrogens is 273 g/mol. The van der Waals surface area contributed by atoms with Gasteiger partial charge in [0.25, 0.3) is 0 Å². The molecule has 0 saturated carbocycles. The minimum atomic E-state index is -0.274. The van der Waals surface area contributed by atoms with Crippen molar-refractivity contribution in [2.45, 2.75) is 32.4 Å². The van der Waals surface area contributed by atoms with Crippen LogP contribution < -0.4 is 10.1 Å². The number of halogens is 1. The Balaban J connectivity index is 2.06. The Morgan fingerprint density at radius 2 is 2.15 bits per heavy atom. The zero-order valence-electron chi connectivity index (χ0n) is 11.9. The molecule has 1 aromatic heterocycles. The van der Waals surface area contributed by atoms with Crippen LogP contribution in [0.4, 0.5) is 4.39 Å². The predicted octanol–water partition coefficient (Wildman–Crippen LogP) is 4.53. The third-order valence-electron chi connectivity index (χ3n) is 3.27. The van der Waals surface area contributed by atoms with Crippen LogP contribution >= 0.6 is 11.3 Å². The first-order chi connectivity index (χ1) is 9.76. The summed E-state index contributed by atoms with van der Waals surface area (Å²) in [5, 5.41) is 5.52. The van der Waals surface area contributed by atoms with E-state index >= 15 is 0 Å². The van der Waals surface area contributed by atoms with Gasteiger partial charge in [-0.3, -0.25) is 0 Å². The smallest absolute Gasteiger partial charge is 0.169 e. The summed E-state index contributed by atoms with van der Waals surface area (Å²) in [5.74, 6) is 0.0244. The molecule has 0 aliphatic rings. The standard InChI is InChI=1S/C16H20FNOS/c1-3-6-13(15-9-5-10-20-15)18-11-12-7-4-8-14(19-2)16(12)17/h4-5,7-10,13,18H,3,6,11H2,1-2H3. The first kappa shape index (κ1) is 15.0. The maximum absolute atomic E-state index is 14.1. The monoisotopic (exact) mass is 293 g/mol. The number of thiophene rings is 1. The maximum Gasteiger partial charge on any atom is 0.169 e. The van der Waals surface area contributed by atoms with E-state index in [0.717, 1.165) is 12.8 Å². The number of rotatable bonds is 7. The van der Waals surface area contributed by atoms with E-state index in [0.29, 0.717) is 17.9 Å². The van der Waals surface area contributed by atoms with Crippen molar-refractivity contribution in [2.75, 3.05) is 7.11 Å². The van der Waals surface area contributed by atoms with Crippen molar-refractivity contribution in [3.05, 3.63) is 52.0 Å². The normalized spacial score (nSPS) is 12.3. The Morgan fingerprint density at radius 3 is 2.80 bits per heavy atom. The molecule has 0 amide bonds. The minimum Gasteiger partial charge on any atom is -0.494 e. The van der Waals surface area contributed by atoms with Gasteiger partial charge in [-0.1, -0.05) is 31.5 Å². The number of hydrogen-bond donors (Lipinski definition) is 1. The number of nitrogens with one attached hydrogen (secondary N) is 1. The van der Waals surface area contributed by atoms with Crippen LogP contribution in [0.1, 0.15) is 36.2 Å². The highest BCUT2D eigenvalue weighted by Gasteiger charge is 2.13. The van der Waals surface area contributed by atoms with Gasteiger partial charge in [-0.2, -0.15) is 0 Å². The molecule has 1 N–H and O–H groups in total. The Bertz CT molecular complexity index is 527. The molecule has 4 heteroatoms. The van der Waals surface area contributed by atoms with Crippen LogP contribution in [-0.4, -0.2) is 7.11 Å². The van der Waals surface area contributed by atoms with E-state index in [9.17, 15) is 4.39 Å². The summed E-state index contributed by atoms with van der Waals surface area (Å²) in [6.07, 6.45) is 2.14. The van der Waals surface area contributed by atoms with Gasteiger partial charge in [0.1, 0.15) is 0 Å². The third kappa shape index (κ3) is 3.58. The second-order valence-corrected chi connectivity index (χ2v) is 5.65. The Kier molecular flexibility index (Phi) is 5.56. The lowest BCUT2D eigenvalue weighted by Gasteiger charge is -2.17. The first-order valence-electron chi connectivity index (χ1n) is 6.84. The molecule has 0 bridgehead atoms. The molecule has 1 atom stereocenters. The maximum atomic E-state index is 14.1. The highest BCUT2D eigenvalue weighted by Crippen LogP contribution is 2.25. The fourth-order valence-corrected chi connectivity index (χ4v) is 3.04. The molecule has 0 fully saturated rings. The molecule has 0 saturated heterocycles. The molecule has 0 aliphatic heterocycles. The summed E-state index contributed by atoms with van der Waals surface area (Å²) in [4.78, 5) is 1.30. The molecular formula is C16H20FNOS. The van der Waals surface area contributed by atoms with E-state index in [1.54, 1.807) is 23.5 Å². The van der Waals surface area contributed by atoms with Crippen molar-refractivity contribution in [1.82, 2.24) is 5.32 Å². The van der Waals surface area contributed by atoms with Crippen molar-refractivity contribution >= 4 is 11.3 Å². The lowest BCUT2D eigenvalue weighted by molar-refractivity contribution is 0.382. The number of methoxy groups -OCH3 is 1. The van der Waals surface area contributed by atoms with E-state index in [4.69, 9.17) is 4.74 Å². The van der Waals surface area contributed by atoms with Crippen LogP contribution in [0.3, 0.4) is 0 Å². The zero-order chi connectivity index (χ0) is 14.4. The molecule has 0 spiro atoms. The van der Waals surface area contributed by atoms with Gasteiger partial charge in [-0.15, -0.1) is 11.3 Å². The fraction of sp³-hybridized carbons (Fsp3) is 0.375. The van der Waals surface area contributed by atoms with Gasteiger partial charge in [0.2, 0.25) is 0 Å². The summed E-state index contributed by atoms with van der Waals surface area (Å²) in [7, 11) is 1.49. The molecule has 2 aromatic rings. The van der Waals surface area contributed by atoms with Crippen LogP contribution in [0.15, 0.2) is 35.7 Å². The molecule has 108 valence electrons. The summed E-state index contributed by atoms with van der Waals surface area (Å²) in [5.41, 5.74) is 0.641. The minimum absolute atomic E-state index is 0.274. The molecule has 0 radical (unpaired) electrons. The Hall–Kier alpha value is -1.39. The van der Waals surface area contributed by atoms with E-state index in [1.807, 2.05) is 6.07 Å². The van der Waals surface area contributed by atoms with Crippen molar-refractivity contribution in [2.24, 2.45) is 0 Å². The van der Waals surface area contributed by atoms with Crippen molar-refractivity contribution in [3.8, 4) is 5.75 Å². The molecule has 2 nitrogen and oxygen atoms in total.